The molecule has 0 spiro atoms. The molecule has 0 amide bonds. The van der Waals surface area contributed by atoms with Crippen LogP contribution < -0.4 is 10.1 Å². The van der Waals surface area contributed by atoms with E-state index in [1.54, 1.807) is 0 Å². The Kier molecular flexibility index (Phi) is 4.62. The lowest BCUT2D eigenvalue weighted by atomic mass is 9.95. The van der Waals surface area contributed by atoms with E-state index in [0.29, 0.717) is 13.2 Å². The van der Waals surface area contributed by atoms with Gasteiger partial charge in [-0.25, -0.2) is 0 Å². The van der Waals surface area contributed by atoms with Crippen LogP contribution in [0.3, 0.4) is 0 Å². The molecule has 1 aromatic carbocycles. The summed E-state index contributed by atoms with van der Waals surface area (Å²) in [6, 6.07) is 7.85. The van der Waals surface area contributed by atoms with Gasteiger partial charge in [-0.2, -0.15) is 0 Å². The molecule has 1 aromatic rings. The quantitative estimate of drug-likeness (QED) is 0.778. The highest BCUT2D eigenvalue weighted by Gasteiger charge is 2.16. The van der Waals surface area contributed by atoms with Crippen molar-refractivity contribution in [1.29, 1.82) is 0 Å². The molecule has 90 valence electrons. The molecule has 3 heteroatoms. The smallest absolute Gasteiger partial charge is 0.142 e. The van der Waals surface area contributed by atoms with Crippen LogP contribution in [0, 0.1) is 5.41 Å². The summed E-state index contributed by atoms with van der Waals surface area (Å²) in [4.78, 5) is 0. The first-order valence-corrected chi connectivity index (χ1v) is 5.65. The Balaban J connectivity index is 2.66. The number of hydrogen-bond donors (Lipinski definition) is 2. The van der Waals surface area contributed by atoms with Crippen LogP contribution in [0.5, 0.6) is 5.75 Å². The van der Waals surface area contributed by atoms with Gasteiger partial charge in [-0.05, 0) is 19.1 Å². The number of rotatable bonds is 6. The molecule has 16 heavy (non-hydrogen) atoms. The van der Waals surface area contributed by atoms with Crippen LogP contribution in [-0.4, -0.2) is 24.9 Å². The standard InChI is InChI=1S/C13H21NO2/c1-4-16-12-8-6-5-7-11(12)14-9-13(2,3)10-15/h5-8,14-15H,4,9-10H2,1-3H3. The summed E-state index contributed by atoms with van der Waals surface area (Å²) in [6.07, 6.45) is 0. The Morgan fingerprint density at radius 1 is 1.31 bits per heavy atom. The molecular formula is C13H21NO2. The highest BCUT2D eigenvalue weighted by atomic mass is 16.5. The zero-order valence-corrected chi connectivity index (χ0v) is 10.3. The van der Waals surface area contributed by atoms with Crippen LogP contribution in [0.1, 0.15) is 20.8 Å². The monoisotopic (exact) mass is 223 g/mol. The van der Waals surface area contributed by atoms with E-state index in [1.165, 1.54) is 0 Å². The summed E-state index contributed by atoms with van der Waals surface area (Å²) in [5, 5.41) is 12.5. The summed E-state index contributed by atoms with van der Waals surface area (Å²) in [5.74, 6) is 0.860. The van der Waals surface area contributed by atoms with E-state index in [1.807, 2.05) is 45.0 Å². The predicted octanol–water partition coefficient (Wildman–Crippen LogP) is 2.52. The Bertz CT molecular complexity index is 323. The van der Waals surface area contributed by atoms with Crippen molar-refractivity contribution >= 4 is 5.69 Å². The largest absolute Gasteiger partial charge is 0.492 e. The Hall–Kier alpha value is -1.22. The van der Waals surface area contributed by atoms with E-state index in [4.69, 9.17) is 4.74 Å². The second kappa shape index (κ2) is 5.75. The van der Waals surface area contributed by atoms with E-state index in [0.717, 1.165) is 11.4 Å². The number of aliphatic hydroxyl groups is 1. The topological polar surface area (TPSA) is 41.5 Å². The maximum atomic E-state index is 9.17. The molecular weight excluding hydrogens is 202 g/mol. The minimum absolute atomic E-state index is 0.126. The molecule has 0 saturated carbocycles. The molecule has 0 aliphatic heterocycles. The number of nitrogens with one attached hydrogen (secondary N) is 1. The number of hydrogen-bond acceptors (Lipinski definition) is 3. The maximum absolute atomic E-state index is 9.17. The lowest BCUT2D eigenvalue weighted by molar-refractivity contribution is 0.170. The molecule has 2 N–H and O–H groups in total. The Morgan fingerprint density at radius 2 is 2.00 bits per heavy atom. The van der Waals surface area contributed by atoms with Crippen LogP contribution in [0.15, 0.2) is 24.3 Å². The van der Waals surface area contributed by atoms with Gasteiger partial charge in [0.2, 0.25) is 0 Å². The fraction of sp³-hybridized carbons (Fsp3) is 0.538. The van der Waals surface area contributed by atoms with Crippen LogP contribution in [0.2, 0.25) is 0 Å². The van der Waals surface area contributed by atoms with Gasteiger partial charge >= 0.3 is 0 Å². The molecule has 0 aromatic heterocycles. The first-order valence-electron chi connectivity index (χ1n) is 5.65. The van der Waals surface area contributed by atoms with Gasteiger partial charge in [0.1, 0.15) is 5.75 Å². The Morgan fingerprint density at radius 3 is 2.62 bits per heavy atom. The second-order valence-electron chi connectivity index (χ2n) is 4.61. The highest BCUT2D eigenvalue weighted by molar-refractivity contribution is 5.56. The number of benzene rings is 1. The Labute approximate surface area is 97.4 Å². The molecule has 0 heterocycles. The van der Waals surface area contributed by atoms with E-state index < -0.39 is 0 Å². The minimum Gasteiger partial charge on any atom is -0.492 e. The van der Waals surface area contributed by atoms with Gasteiger partial charge in [0.25, 0.3) is 0 Å². The number of para-hydroxylation sites is 2. The first-order chi connectivity index (χ1) is 7.59. The molecule has 1 rings (SSSR count). The van der Waals surface area contributed by atoms with E-state index in [9.17, 15) is 5.11 Å². The van der Waals surface area contributed by atoms with Crippen molar-refractivity contribution in [3.05, 3.63) is 24.3 Å². The van der Waals surface area contributed by atoms with Gasteiger partial charge in [-0.1, -0.05) is 26.0 Å². The van der Waals surface area contributed by atoms with Gasteiger partial charge in [-0.15, -0.1) is 0 Å². The van der Waals surface area contributed by atoms with Crippen LogP contribution in [0.4, 0.5) is 5.69 Å². The van der Waals surface area contributed by atoms with E-state index >= 15 is 0 Å². The summed E-state index contributed by atoms with van der Waals surface area (Å²) in [7, 11) is 0. The first kappa shape index (κ1) is 12.8. The summed E-state index contributed by atoms with van der Waals surface area (Å²) in [5.41, 5.74) is 0.852. The number of aliphatic hydroxyl groups excluding tert-OH is 1. The molecule has 0 saturated heterocycles. The lowest BCUT2D eigenvalue weighted by Crippen LogP contribution is -2.26. The van der Waals surface area contributed by atoms with Crippen molar-refractivity contribution in [3.63, 3.8) is 0 Å². The van der Waals surface area contributed by atoms with Gasteiger partial charge in [-0.3, -0.25) is 0 Å². The van der Waals surface area contributed by atoms with E-state index in [-0.39, 0.29) is 12.0 Å². The number of ether oxygens (including phenoxy) is 1. The normalized spacial score (nSPS) is 11.2. The van der Waals surface area contributed by atoms with Gasteiger partial charge < -0.3 is 15.2 Å². The molecule has 0 aliphatic carbocycles. The second-order valence-corrected chi connectivity index (χ2v) is 4.61. The molecule has 0 fully saturated rings. The fourth-order valence-electron chi connectivity index (χ4n) is 1.28. The number of anilines is 1. The van der Waals surface area contributed by atoms with Gasteiger partial charge in [0.15, 0.2) is 0 Å². The van der Waals surface area contributed by atoms with Gasteiger partial charge in [0, 0.05) is 18.6 Å². The summed E-state index contributed by atoms with van der Waals surface area (Å²) >= 11 is 0. The van der Waals surface area contributed by atoms with Crippen molar-refractivity contribution in [3.8, 4) is 5.75 Å². The zero-order chi connectivity index (χ0) is 12.0. The predicted molar refractivity (Wildman–Crippen MR) is 67.0 cm³/mol. The fourth-order valence-corrected chi connectivity index (χ4v) is 1.28. The molecule has 0 bridgehead atoms. The summed E-state index contributed by atoms with van der Waals surface area (Å²) < 4.78 is 5.51. The van der Waals surface area contributed by atoms with Crippen LogP contribution >= 0.6 is 0 Å². The van der Waals surface area contributed by atoms with E-state index in [2.05, 4.69) is 5.32 Å². The van der Waals surface area contributed by atoms with Crippen LogP contribution in [-0.2, 0) is 0 Å². The highest BCUT2D eigenvalue weighted by Crippen LogP contribution is 2.25. The molecule has 0 unspecified atom stereocenters. The third kappa shape index (κ3) is 3.74. The average molecular weight is 223 g/mol. The third-order valence-electron chi connectivity index (χ3n) is 2.37. The molecule has 3 nitrogen and oxygen atoms in total. The molecule has 0 aliphatic rings. The van der Waals surface area contributed by atoms with Crippen molar-refractivity contribution in [2.75, 3.05) is 25.1 Å². The lowest BCUT2D eigenvalue weighted by Gasteiger charge is -2.23. The average Bonchev–Trinajstić information content (AvgIpc) is 2.28. The molecule has 0 atom stereocenters. The minimum atomic E-state index is -0.126. The van der Waals surface area contributed by atoms with Crippen molar-refractivity contribution in [2.45, 2.75) is 20.8 Å². The van der Waals surface area contributed by atoms with Gasteiger partial charge in [0.05, 0.1) is 12.3 Å². The van der Waals surface area contributed by atoms with Crippen molar-refractivity contribution in [1.82, 2.24) is 0 Å². The molecule has 0 radical (unpaired) electrons. The third-order valence-corrected chi connectivity index (χ3v) is 2.37. The van der Waals surface area contributed by atoms with Crippen molar-refractivity contribution < 1.29 is 9.84 Å². The van der Waals surface area contributed by atoms with Crippen LogP contribution in [0.25, 0.3) is 0 Å². The van der Waals surface area contributed by atoms with Crippen molar-refractivity contribution in [2.24, 2.45) is 5.41 Å². The summed E-state index contributed by atoms with van der Waals surface area (Å²) in [6.45, 7) is 7.54. The maximum Gasteiger partial charge on any atom is 0.142 e. The SMILES string of the molecule is CCOc1ccccc1NCC(C)(C)CO. The zero-order valence-electron chi connectivity index (χ0n) is 10.3.